The molecule has 1 N–H and O–H groups in total. The summed E-state index contributed by atoms with van der Waals surface area (Å²) in [5, 5.41) is 3.24. The van der Waals surface area contributed by atoms with Crippen LogP contribution in [-0.4, -0.2) is 41.5 Å². The molecule has 1 saturated heterocycles. The van der Waals surface area contributed by atoms with Gasteiger partial charge in [0.2, 0.25) is 5.91 Å². The van der Waals surface area contributed by atoms with Crippen LogP contribution in [0, 0.1) is 0 Å². The zero-order valence-electron chi connectivity index (χ0n) is 19.4. The van der Waals surface area contributed by atoms with E-state index in [1.54, 1.807) is 38.3 Å². The van der Waals surface area contributed by atoms with Gasteiger partial charge in [-0.1, -0.05) is 18.2 Å². The fraction of sp³-hybridized carbons (Fsp3) is 0.400. The van der Waals surface area contributed by atoms with Crippen LogP contribution in [0.25, 0.3) is 10.9 Å². The lowest BCUT2D eigenvalue weighted by Gasteiger charge is -2.15. The van der Waals surface area contributed by atoms with Crippen LogP contribution in [0.2, 0.25) is 0 Å². The first kappa shape index (κ1) is 23.6. The molecule has 180 valence electrons. The van der Waals surface area contributed by atoms with Gasteiger partial charge < -0.3 is 19.5 Å². The van der Waals surface area contributed by atoms with Crippen LogP contribution < -0.4 is 26.0 Å². The number of hydrogen-bond donors (Lipinski definition) is 1. The van der Waals surface area contributed by atoms with E-state index in [2.05, 4.69) is 5.32 Å². The third-order valence-corrected chi connectivity index (χ3v) is 5.92. The van der Waals surface area contributed by atoms with Crippen LogP contribution in [0.1, 0.15) is 25.3 Å². The van der Waals surface area contributed by atoms with Gasteiger partial charge in [0.05, 0.1) is 24.1 Å². The molecule has 0 bridgehead atoms. The average Bonchev–Trinajstić information content (AvgIpc) is 3.38. The molecule has 1 aromatic heterocycles. The number of carbonyl (C=O) groups excluding carboxylic acids is 1. The maximum absolute atomic E-state index is 12.8. The molecule has 1 amide bonds. The van der Waals surface area contributed by atoms with E-state index < -0.39 is 5.69 Å². The number of amides is 1. The molecule has 1 unspecified atom stereocenters. The van der Waals surface area contributed by atoms with Crippen LogP contribution in [-0.2, 0) is 29.2 Å². The Bertz CT molecular complexity index is 1290. The minimum absolute atomic E-state index is 0.102. The van der Waals surface area contributed by atoms with Crippen LogP contribution in [0.15, 0.2) is 52.1 Å². The van der Waals surface area contributed by atoms with Gasteiger partial charge in [-0.25, -0.2) is 4.79 Å². The minimum Gasteiger partial charge on any atom is -0.493 e. The van der Waals surface area contributed by atoms with Crippen molar-refractivity contribution >= 4 is 16.8 Å². The molecule has 1 fully saturated rings. The first-order chi connectivity index (χ1) is 16.5. The predicted octanol–water partition coefficient (Wildman–Crippen LogP) is 2.07. The second-order valence-electron chi connectivity index (χ2n) is 8.14. The molecular formula is C25H29N3O6. The Labute approximate surface area is 196 Å². The number of aromatic nitrogens is 2. The van der Waals surface area contributed by atoms with Gasteiger partial charge in [0, 0.05) is 19.7 Å². The number of rotatable bonds is 9. The fourth-order valence-corrected chi connectivity index (χ4v) is 4.10. The Morgan fingerprint density at radius 1 is 1.15 bits per heavy atom. The Kier molecular flexibility index (Phi) is 7.32. The molecule has 9 heteroatoms. The van der Waals surface area contributed by atoms with Crippen molar-refractivity contribution in [2.75, 3.05) is 20.3 Å². The van der Waals surface area contributed by atoms with Crippen molar-refractivity contribution in [3.63, 3.8) is 0 Å². The maximum atomic E-state index is 12.8. The molecular weight excluding hydrogens is 438 g/mol. The number of methoxy groups -OCH3 is 1. The van der Waals surface area contributed by atoms with E-state index in [1.165, 1.54) is 4.57 Å². The Morgan fingerprint density at radius 3 is 2.71 bits per heavy atom. The molecule has 0 radical (unpaired) electrons. The van der Waals surface area contributed by atoms with Gasteiger partial charge in [-0.3, -0.25) is 18.7 Å². The van der Waals surface area contributed by atoms with Crippen LogP contribution in [0.4, 0.5) is 0 Å². The summed E-state index contributed by atoms with van der Waals surface area (Å²) < 4.78 is 19.4. The lowest BCUT2D eigenvalue weighted by molar-refractivity contribution is -0.121. The van der Waals surface area contributed by atoms with Gasteiger partial charge in [0.15, 0.2) is 11.5 Å². The number of para-hydroxylation sites is 1. The van der Waals surface area contributed by atoms with Gasteiger partial charge in [0.1, 0.15) is 13.2 Å². The lowest BCUT2D eigenvalue weighted by atomic mass is 10.2. The summed E-state index contributed by atoms with van der Waals surface area (Å²) in [4.78, 5) is 38.1. The molecule has 0 spiro atoms. The highest BCUT2D eigenvalue weighted by atomic mass is 16.5. The van der Waals surface area contributed by atoms with E-state index in [0.29, 0.717) is 29.0 Å². The summed E-state index contributed by atoms with van der Waals surface area (Å²) in [5.74, 6) is 0.848. The van der Waals surface area contributed by atoms with Crippen molar-refractivity contribution in [2.24, 2.45) is 0 Å². The fourth-order valence-electron chi connectivity index (χ4n) is 4.10. The number of nitrogens with one attached hydrogen (secondary N) is 1. The van der Waals surface area contributed by atoms with E-state index in [1.807, 2.05) is 18.2 Å². The number of fused-ring (bicyclic) bond motifs is 1. The van der Waals surface area contributed by atoms with E-state index >= 15 is 0 Å². The summed E-state index contributed by atoms with van der Waals surface area (Å²) in [5.41, 5.74) is 0.404. The summed E-state index contributed by atoms with van der Waals surface area (Å²) >= 11 is 0. The van der Waals surface area contributed by atoms with Gasteiger partial charge in [0.25, 0.3) is 5.56 Å². The van der Waals surface area contributed by atoms with E-state index in [9.17, 15) is 14.4 Å². The molecule has 1 atom stereocenters. The average molecular weight is 468 g/mol. The minimum atomic E-state index is -0.504. The molecule has 0 aliphatic carbocycles. The van der Waals surface area contributed by atoms with E-state index in [4.69, 9.17) is 14.2 Å². The first-order valence-electron chi connectivity index (χ1n) is 11.4. The number of benzene rings is 2. The van der Waals surface area contributed by atoms with Gasteiger partial charge in [-0.2, -0.15) is 0 Å². The van der Waals surface area contributed by atoms with Crippen molar-refractivity contribution in [2.45, 2.75) is 45.5 Å². The zero-order valence-corrected chi connectivity index (χ0v) is 19.4. The molecule has 2 aromatic carbocycles. The molecule has 1 aliphatic rings. The number of carbonyl (C=O) groups is 1. The molecule has 3 aromatic rings. The van der Waals surface area contributed by atoms with Crippen molar-refractivity contribution in [3.05, 3.63) is 68.9 Å². The summed E-state index contributed by atoms with van der Waals surface area (Å²) in [6, 6.07) is 12.3. The van der Waals surface area contributed by atoms with Gasteiger partial charge in [-0.15, -0.1) is 0 Å². The van der Waals surface area contributed by atoms with Gasteiger partial charge >= 0.3 is 5.69 Å². The van der Waals surface area contributed by atoms with Gasteiger partial charge in [-0.05, 0) is 49.6 Å². The molecule has 1 aliphatic heterocycles. The highest BCUT2D eigenvalue weighted by molar-refractivity contribution is 5.81. The highest BCUT2D eigenvalue weighted by Crippen LogP contribution is 2.29. The summed E-state index contributed by atoms with van der Waals surface area (Å²) in [7, 11) is 1.57. The maximum Gasteiger partial charge on any atom is 0.331 e. The van der Waals surface area contributed by atoms with E-state index in [-0.39, 0.29) is 37.2 Å². The number of ether oxygens (including phenoxy) is 3. The summed E-state index contributed by atoms with van der Waals surface area (Å²) in [6.45, 7) is 3.25. The zero-order chi connectivity index (χ0) is 24.1. The normalized spacial score (nSPS) is 15.4. The third kappa shape index (κ3) is 4.99. The van der Waals surface area contributed by atoms with Crippen LogP contribution in [0.5, 0.6) is 11.5 Å². The number of nitrogens with zero attached hydrogens (tertiary/aromatic N) is 2. The second kappa shape index (κ2) is 10.6. The Hall–Kier alpha value is -3.59. The smallest absolute Gasteiger partial charge is 0.331 e. The standard InChI is InChI=1S/C25H29N3O6/c1-3-27-24(30)19-8-4-5-9-20(19)28(25(27)31)15-23(29)26-14-17-10-11-21(22(13-17)32-2)34-16-18-7-6-12-33-18/h4-5,8-11,13,18H,3,6-7,12,14-16H2,1-2H3,(H,26,29). The molecule has 4 rings (SSSR count). The molecule has 0 saturated carbocycles. The largest absolute Gasteiger partial charge is 0.493 e. The topological polar surface area (TPSA) is 101 Å². The molecule has 9 nitrogen and oxygen atoms in total. The van der Waals surface area contributed by atoms with Crippen molar-refractivity contribution in [1.29, 1.82) is 0 Å². The monoisotopic (exact) mass is 467 g/mol. The predicted molar refractivity (Wildman–Crippen MR) is 127 cm³/mol. The Morgan fingerprint density at radius 2 is 1.97 bits per heavy atom. The number of hydrogen-bond acceptors (Lipinski definition) is 6. The van der Waals surface area contributed by atoms with Crippen molar-refractivity contribution < 1.29 is 19.0 Å². The quantitative estimate of drug-likeness (QED) is 0.517. The molecule has 34 heavy (non-hydrogen) atoms. The highest BCUT2D eigenvalue weighted by Gasteiger charge is 2.18. The molecule has 2 heterocycles. The SMILES string of the molecule is CCn1c(=O)c2ccccc2n(CC(=O)NCc2ccc(OCC3CCCO3)c(OC)c2)c1=O. The van der Waals surface area contributed by atoms with Crippen molar-refractivity contribution in [3.8, 4) is 11.5 Å². The van der Waals surface area contributed by atoms with Crippen LogP contribution >= 0.6 is 0 Å². The second-order valence-corrected chi connectivity index (χ2v) is 8.14. The van der Waals surface area contributed by atoms with Crippen LogP contribution in [0.3, 0.4) is 0 Å². The Balaban J connectivity index is 1.45. The van der Waals surface area contributed by atoms with Crippen molar-refractivity contribution in [1.82, 2.24) is 14.5 Å². The lowest BCUT2D eigenvalue weighted by Crippen LogP contribution is -2.42. The first-order valence-corrected chi connectivity index (χ1v) is 11.4. The van der Waals surface area contributed by atoms with E-state index in [0.717, 1.165) is 29.6 Å². The summed E-state index contributed by atoms with van der Waals surface area (Å²) in [6.07, 6.45) is 2.14. The third-order valence-electron chi connectivity index (χ3n) is 5.92.